The molecule has 7 nitrogen and oxygen atoms in total. The van der Waals surface area contributed by atoms with E-state index in [0.717, 1.165) is 44.1 Å². The van der Waals surface area contributed by atoms with Crippen LogP contribution in [0.25, 0.3) is 5.82 Å². The molecule has 42 heavy (non-hydrogen) atoms. The third kappa shape index (κ3) is 14.0. The zero-order valence-corrected chi connectivity index (χ0v) is 25.3. The summed E-state index contributed by atoms with van der Waals surface area (Å²) < 4.78 is 44.6. The van der Waals surface area contributed by atoms with Crippen LogP contribution in [-0.2, 0) is 22.3 Å². The van der Waals surface area contributed by atoms with Gasteiger partial charge in [-0.2, -0.15) is 13.2 Å². The third-order valence-electron chi connectivity index (χ3n) is 6.49. The summed E-state index contributed by atoms with van der Waals surface area (Å²) in [6, 6.07) is 10.1. The van der Waals surface area contributed by atoms with Crippen molar-refractivity contribution in [2.75, 3.05) is 25.1 Å². The smallest absolute Gasteiger partial charge is 0.381 e. The predicted molar refractivity (Wildman–Crippen MR) is 162 cm³/mol. The summed E-state index contributed by atoms with van der Waals surface area (Å²) in [5.41, 5.74) is -0.143. The number of amides is 1. The summed E-state index contributed by atoms with van der Waals surface area (Å²) in [4.78, 5) is 20.6. The van der Waals surface area contributed by atoms with Crippen LogP contribution in [0.2, 0.25) is 0 Å². The SMILES string of the molecule is CC1CCCCC1.CCCOCCC.Cc1nc(NCC(=O)NCc2ccc(C(F)(F)F)cc2)cc(-n2cccc2)n1. The number of ether oxygens (including phenoxy) is 1. The number of alkyl halides is 3. The number of aromatic nitrogens is 3. The molecule has 232 valence electrons. The molecule has 0 radical (unpaired) electrons. The van der Waals surface area contributed by atoms with Gasteiger partial charge in [-0.3, -0.25) is 4.79 Å². The lowest BCUT2D eigenvalue weighted by Crippen LogP contribution is -2.29. The van der Waals surface area contributed by atoms with Crippen molar-refractivity contribution >= 4 is 11.7 Å². The van der Waals surface area contributed by atoms with Gasteiger partial charge < -0.3 is 19.9 Å². The molecule has 4 rings (SSSR count). The number of carbonyl (C=O) groups is 1. The van der Waals surface area contributed by atoms with Gasteiger partial charge in [0, 0.05) is 38.2 Å². The number of hydrogen-bond donors (Lipinski definition) is 2. The summed E-state index contributed by atoms with van der Waals surface area (Å²) in [5.74, 6) is 2.46. The molecular weight excluding hydrogens is 543 g/mol. The molecule has 1 aromatic carbocycles. The van der Waals surface area contributed by atoms with Crippen molar-refractivity contribution in [3.05, 3.63) is 71.8 Å². The summed E-state index contributed by atoms with van der Waals surface area (Å²) >= 11 is 0. The molecule has 0 atom stereocenters. The average molecular weight is 590 g/mol. The van der Waals surface area contributed by atoms with Crippen molar-refractivity contribution < 1.29 is 22.7 Å². The Labute approximate surface area is 248 Å². The summed E-state index contributed by atoms with van der Waals surface area (Å²) in [7, 11) is 0. The maximum absolute atomic E-state index is 12.6. The lowest BCUT2D eigenvalue weighted by atomic mass is 9.91. The Balaban J connectivity index is 0.000000360. The predicted octanol–water partition coefficient (Wildman–Crippen LogP) is 7.73. The minimum absolute atomic E-state index is 0.0256. The minimum atomic E-state index is -4.37. The lowest BCUT2D eigenvalue weighted by molar-refractivity contribution is -0.137. The van der Waals surface area contributed by atoms with E-state index in [0.29, 0.717) is 23.0 Å². The zero-order valence-electron chi connectivity index (χ0n) is 25.3. The van der Waals surface area contributed by atoms with Crippen LogP contribution in [0.15, 0.2) is 54.9 Å². The fourth-order valence-corrected chi connectivity index (χ4v) is 4.21. The van der Waals surface area contributed by atoms with Gasteiger partial charge in [-0.05, 0) is 55.5 Å². The van der Waals surface area contributed by atoms with Gasteiger partial charge in [-0.25, -0.2) is 9.97 Å². The van der Waals surface area contributed by atoms with Crippen molar-refractivity contribution in [3.8, 4) is 5.82 Å². The first-order valence-electron chi connectivity index (χ1n) is 14.9. The quantitative estimate of drug-likeness (QED) is 0.237. The minimum Gasteiger partial charge on any atom is -0.381 e. The zero-order chi connectivity index (χ0) is 30.8. The molecule has 1 aliphatic carbocycles. The molecule has 0 saturated heterocycles. The maximum atomic E-state index is 12.6. The van der Waals surface area contributed by atoms with Gasteiger partial charge in [0.2, 0.25) is 5.91 Å². The van der Waals surface area contributed by atoms with E-state index in [1.165, 1.54) is 44.2 Å². The Morgan fingerprint density at radius 3 is 2.14 bits per heavy atom. The molecule has 1 amide bonds. The first-order chi connectivity index (χ1) is 20.1. The second-order valence-electron chi connectivity index (χ2n) is 10.4. The molecule has 0 unspecified atom stereocenters. The van der Waals surface area contributed by atoms with Gasteiger partial charge in [-0.1, -0.05) is 65.0 Å². The molecule has 1 fully saturated rings. The number of aryl methyl sites for hydroxylation is 1. The highest BCUT2D eigenvalue weighted by Gasteiger charge is 2.29. The molecule has 2 N–H and O–H groups in total. The first-order valence-corrected chi connectivity index (χ1v) is 14.9. The van der Waals surface area contributed by atoms with E-state index in [1.807, 2.05) is 29.1 Å². The Morgan fingerprint density at radius 1 is 1.00 bits per heavy atom. The molecule has 2 aromatic heterocycles. The van der Waals surface area contributed by atoms with Crippen LogP contribution in [0.3, 0.4) is 0 Å². The van der Waals surface area contributed by atoms with Crippen molar-refractivity contribution in [3.63, 3.8) is 0 Å². The molecule has 0 aliphatic heterocycles. The number of rotatable bonds is 10. The third-order valence-corrected chi connectivity index (χ3v) is 6.49. The van der Waals surface area contributed by atoms with Gasteiger partial charge in [0.1, 0.15) is 17.5 Å². The largest absolute Gasteiger partial charge is 0.416 e. The molecular formula is C32H46F3N5O2. The van der Waals surface area contributed by atoms with Crippen molar-refractivity contribution in [1.82, 2.24) is 19.9 Å². The first kappa shape index (κ1) is 34.8. The second kappa shape index (κ2) is 18.9. The molecule has 3 aromatic rings. The Bertz CT molecular complexity index is 1140. The van der Waals surface area contributed by atoms with E-state index in [2.05, 4.69) is 41.4 Å². The van der Waals surface area contributed by atoms with Gasteiger partial charge >= 0.3 is 6.18 Å². The van der Waals surface area contributed by atoms with Crippen LogP contribution in [-0.4, -0.2) is 40.2 Å². The Kier molecular flexibility index (Phi) is 15.7. The highest BCUT2D eigenvalue weighted by molar-refractivity contribution is 5.80. The summed E-state index contributed by atoms with van der Waals surface area (Å²) in [5, 5.41) is 5.58. The molecule has 0 bridgehead atoms. The second-order valence-corrected chi connectivity index (χ2v) is 10.4. The molecule has 1 saturated carbocycles. The fraction of sp³-hybridized carbons (Fsp3) is 0.531. The van der Waals surface area contributed by atoms with Crippen LogP contribution in [0.4, 0.5) is 19.0 Å². The fourth-order valence-electron chi connectivity index (χ4n) is 4.21. The van der Waals surface area contributed by atoms with E-state index >= 15 is 0 Å². The number of anilines is 1. The van der Waals surface area contributed by atoms with Crippen LogP contribution in [0.5, 0.6) is 0 Å². The number of hydrogen-bond acceptors (Lipinski definition) is 5. The highest BCUT2D eigenvalue weighted by Crippen LogP contribution is 2.29. The Hall–Kier alpha value is -3.40. The normalized spacial score (nSPS) is 13.3. The monoisotopic (exact) mass is 589 g/mol. The summed E-state index contributed by atoms with van der Waals surface area (Å²) in [6.07, 6.45) is 9.04. The number of halogens is 3. The summed E-state index contributed by atoms with van der Waals surface area (Å²) in [6.45, 7) is 10.3. The highest BCUT2D eigenvalue weighted by atomic mass is 19.4. The van der Waals surface area contributed by atoms with Gasteiger partial charge in [0.05, 0.1) is 12.1 Å². The van der Waals surface area contributed by atoms with Crippen molar-refractivity contribution in [1.29, 1.82) is 0 Å². The van der Waals surface area contributed by atoms with E-state index in [9.17, 15) is 18.0 Å². The van der Waals surface area contributed by atoms with Crippen molar-refractivity contribution in [2.45, 2.75) is 85.4 Å². The topological polar surface area (TPSA) is 81.1 Å². The molecule has 0 spiro atoms. The van der Waals surface area contributed by atoms with E-state index in [4.69, 9.17) is 4.74 Å². The molecule has 10 heteroatoms. The van der Waals surface area contributed by atoms with Crippen LogP contribution in [0, 0.1) is 12.8 Å². The Morgan fingerprint density at radius 2 is 1.62 bits per heavy atom. The van der Waals surface area contributed by atoms with Gasteiger partial charge in [0.25, 0.3) is 0 Å². The number of nitrogens with one attached hydrogen (secondary N) is 2. The van der Waals surface area contributed by atoms with Crippen LogP contribution >= 0.6 is 0 Å². The van der Waals surface area contributed by atoms with E-state index < -0.39 is 11.7 Å². The van der Waals surface area contributed by atoms with Gasteiger partial charge in [-0.15, -0.1) is 0 Å². The van der Waals surface area contributed by atoms with Crippen LogP contribution in [0.1, 0.15) is 82.7 Å². The number of benzene rings is 1. The van der Waals surface area contributed by atoms with Crippen LogP contribution < -0.4 is 10.6 Å². The standard InChI is InChI=1S/C19H18F3N5O.C7H14.C6H14O/c1-13-25-16(10-17(26-13)27-8-2-3-9-27)23-12-18(28)24-11-14-4-6-15(7-5-14)19(20,21)22;1-7-5-3-2-4-6-7;1-3-5-7-6-4-2/h2-10H,11-12H2,1H3,(H,24,28)(H,23,25,26);7H,2-6H2,1H3;3-6H2,1-2H3. The molecule has 1 aliphatic rings. The van der Waals surface area contributed by atoms with E-state index in [-0.39, 0.29) is 19.0 Å². The number of carbonyl (C=O) groups excluding carboxylic acids is 1. The average Bonchev–Trinajstić information content (AvgIpc) is 3.51. The van der Waals surface area contributed by atoms with Crippen molar-refractivity contribution in [2.24, 2.45) is 5.92 Å². The van der Waals surface area contributed by atoms with E-state index in [1.54, 1.807) is 13.0 Å². The lowest BCUT2D eigenvalue weighted by Gasteiger charge is -2.15. The van der Waals surface area contributed by atoms with Gasteiger partial charge in [0.15, 0.2) is 0 Å². The maximum Gasteiger partial charge on any atom is 0.416 e. The number of nitrogens with zero attached hydrogens (tertiary/aromatic N) is 3. The molecule has 2 heterocycles.